The summed E-state index contributed by atoms with van der Waals surface area (Å²) in [6.07, 6.45) is -3.26. The molecule has 1 nitrogen and oxygen atoms in total. The lowest BCUT2D eigenvalue weighted by atomic mass is 9.81. The van der Waals surface area contributed by atoms with Crippen LogP contribution in [-0.2, 0) is 6.18 Å². The van der Waals surface area contributed by atoms with Crippen molar-refractivity contribution in [3.8, 4) is 0 Å². The molecule has 18 heavy (non-hydrogen) atoms. The van der Waals surface area contributed by atoms with E-state index in [-0.39, 0.29) is 0 Å². The molecule has 0 unspecified atom stereocenters. The van der Waals surface area contributed by atoms with E-state index in [9.17, 15) is 13.2 Å². The van der Waals surface area contributed by atoms with Crippen LogP contribution >= 0.6 is 0 Å². The zero-order chi connectivity index (χ0) is 13.3. The van der Waals surface area contributed by atoms with Crippen LogP contribution in [-0.4, -0.2) is 13.1 Å². The average Bonchev–Trinajstić information content (AvgIpc) is 2.27. The molecular formula is C14H18F3N. The highest BCUT2D eigenvalue weighted by molar-refractivity contribution is 5.35. The summed E-state index contributed by atoms with van der Waals surface area (Å²) in [6, 6.07) is 4.57. The Kier molecular flexibility index (Phi) is 3.66. The van der Waals surface area contributed by atoms with Crippen LogP contribution in [0.15, 0.2) is 18.2 Å². The molecule has 1 aromatic carbocycles. The molecule has 1 saturated heterocycles. The third-order valence-electron chi connectivity index (χ3n) is 3.77. The van der Waals surface area contributed by atoms with Crippen LogP contribution < -0.4 is 5.32 Å². The molecule has 1 aromatic rings. The summed E-state index contributed by atoms with van der Waals surface area (Å²) in [6.45, 7) is 5.56. The second-order valence-electron chi connectivity index (χ2n) is 5.15. The minimum absolute atomic E-state index is 0.325. The van der Waals surface area contributed by atoms with Crippen molar-refractivity contribution in [1.82, 2.24) is 5.32 Å². The number of hydrogen-bond donors (Lipinski definition) is 1. The van der Waals surface area contributed by atoms with E-state index in [4.69, 9.17) is 0 Å². The molecule has 0 radical (unpaired) electrons. The third kappa shape index (κ3) is 2.69. The van der Waals surface area contributed by atoms with Crippen LogP contribution in [0.2, 0.25) is 0 Å². The first kappa shape index (κ1) is 13.4. The van der Waals surface area contributed by atoms with Crippen LogP contribution in [0.25, 0.3) is 0 Å². The van der Waals surface area contributed by atoms with Crippen LogP contribution in [0, 0.1) is 12.8 Å². The topological polar surface area (TPSA) is 12.0 Å². The lowest BCUT2D eigenvalue weighted by Gasteiger charge is -2.30. The maximum absolute atomic E-state index is 12.7. The summed E-state index contributed by atoms with van der Waals surface area (Å²) in [5.74, 6) is 0.835. The molecule has 0 aromatic heterocycles. The SMILES string of the molecule is Cc1cc([C@H]2CCNC[C@H]2C)ccc1C(F)(F)F. The van der Waals surface area contributed by atoms with Gasteiger partial charge in [0.1, 0.15) is 0 Å². The predicted molar refractivity (Wildman–Crippen MR) is 65.6 cm³/mol. The van der Waals surface area contributed by atoms with Crippen molar-refractivity contribution in [1.29, 1.82) is 0 Å². The summed E-state index contributed by atoms with van der Waals surface area (Å²) in [5, 5.41) is 3.30. The van der Waals surface area contributed by atoms with Crippen molar-refractivity contribution in [2.45, 2.75) is 32.4 Å². The highest BCUT2D eigenvalue weighted by atomic mass is 19.4. The van der Waals surface area contributed by atoms with Gasteiger partial charge in [0.2, 0.25) is 0 Å². The summed E-state index contributed by atoms with van der Waals surface area (Å²) in [4.78, 5) is 0. The van der Waals surface area contributed by atoms with E-state index in [1.165, 1.54) is 13.0 Å². The van der Waals surface area contributed by atoms with Crippen LogP contribution in [0.4, 0.5) is 13.2 Å². The first-order valence-corrected chi connectivity index (χ1v) is 6.28. The Labute approximate surface area is 105 Å². The number of rotatable bonds is 1. The van der Waals surface area contributed by atoms with Gasteiger partial charge in [-0.1, -0.05) is 19.1 Å². The van der Waals surface area contributed by atoms with Crippen molar-refractivity contribution in [3.63, 3.8) is 0 Å². The van der Waals surface area contributed by atoms with Crippen molar-refractivity contribution in [2.75, 3.05) is 13.1 Å². The van der Waals surface area contributed by atoms with Gasteiger partial charge in [0.15, 0.2) is 0 Å². The fraction of sp³-hybridized carbons (Fsp3) is 0.571. The van der Waals surface area contributed by atoms with Gasteiger partial charge in [0.05, 0.1) is 5.56 Å². The van der Waals surface area contributed by atoms with Crippen molar-refractivity contribution >= 4 is 0 Å². The van der Waals surface area contributed by atoms with Crippen molar-refractivity contribution < 1.29 is 13.2 Å². The molecule has 1 heterocycles. The number of aryl methyl sites for hydroxylation is 1. The smallest absolute Gasteiger partial charge is 0.316 e. The van der Waals surface area contributed by atoms with Gasteiger partial charge in [-0.3, -0.25) is 0 Å². The Morgan fingerprint density at radius 2 is 2.00 bits per heavy atom. The van der Waals surface area contributed by atoms with Gasteiger partial charge in [-0.25, -0.2) is 0 Å². The molecule has 1 aliphatic heterocycles. The van der Waals surface area contributed by atoms with Gasteiger partial charge in [-0.15, -0.1) is 0 Å². The number of benzene rings is 1. The van der Waals surface area contributed by atoms with Gasteiger partial charge in [0.25, 0.3) is 0 Å². The number of nitrogens with one attached hydrogen (secondary N) is 1. The molecule has 1 N–H and O–H groups in total. The average molecular weight is 257 g/mol. The van der Waals surface area contributed by atoms with Gasteiger partial charge in [-0.05, 0) is 55.5 Å². The molecule has 0 aliphatic carbocycles. The Balaban J connectivity index is 2.28. The van der Waals surface area contributed by atoms with E-state index >= 15 is 0 Å². The molecule has 1 aliphatic rings. The molecule has 2 rings (SSSR count). The lowest BCUT2D eigenvalue weighted by molar-refractivity contribution is -0.138. The minimum Gasteiger partial charge on any atom is -0.316 e. The van der Waals surface area contributed by atoms with E-state index in [1.54, 1.807) is 12.1 Å². The maximum Gasteiger partial charge on any atom is 0.416 e. The van der Waals surface area contributed by atoms with Crippen molar-refractivity contribution in [3.05, 3.63) is 34.9 Å². The molecule has 0 bridgehead atoms. The highest BCUT2D eigenvalue weighted by Crippen LogP contribution is 2.35. The normalized spacial score (nSPS) is 25.2. The number of halogens is 3. The minimum atomic E-state index is -4.25. The van der Waals surface area contributed by atoms with E-state index < -0.39 is 11.7 Å². The molecule has 4 heteroatoms. The Hall–Kier alpha value is -1.03. The zero-order valence-corrected chi connectivity index (χ0v) is 10.6. The zero-order valence-electron chi connectivity index (χ0n) is 10.6. The second kappa shape index (κ2) is 4.92. The van der Waals surface area contributed by atoms with E-state index in [0.29, 0.717) is 17.4 Å². The van der Waals surface area contributed by atoms with Gasteiger partial charge in [-0.2, -0.15) is 13.2 Å². The molecule has 2 atom stereocenters. The van der Waals surface area contributed by atoms with Crippen LogP contribution in [0.3, 0.4) is 0 Å². The number of alkyl halides is 3. The predicted octanol–water partition coefficient (Wildman–Crippen LogP) is 3.73. The Morgan fingerprint density at radius 1 is 1.28 bits per heavy atom. The quantitative estimate of drug-likeness (QED) is 0.808. The fourth-order valence-corrected chi connectivity index (χ4v) is 2.74. The molecule has 100 valence electrons. The van der Waals surface area contributed by atoms with Gasteiger partial charge in [0, 0.05) is 0 Å². The van der Waals surface area contributed by atoms with E-state index in [1.807, 2.05) is 0 Å². The van der Waals surface area contributed by atoms with E-state index in [0.717, 1.165) is 25.1 Å². The molecule has 1 fully saturated rings. The third-order valence-corrected chi connectivity index (χ3v) is 3.77. The standard InChI is InChI=1S/C14H18F3N/c1-9-7-11(3-4-13(9)14(15,16)17)12-5-6-18-8-10(12)2/h3-4,7,10,12,18H,5-6,8H2,1-2H3/t10-,12+/m1/s1. The first-order chi connectivity index (χ1) is 8.39. The summed E-state index contributed by atoms with van der Waals surface area (Å²) in [5.41, 5.74) is 0.841. The monoisotopic (exact) mass is 257 g/mol. The first-order valence-electron chi connectivity index (χ1n) is 6.28. The molecule has 0 spiro atoms. The summed E-state index contributed by atoms with van der Waals surface area (Å²) < 4.78 is 38.1. The second-order valence-corrected chi connectivity index (χ2v) is 5.15. The summed E-state index contributed by atoms with van der Waals surface area (Å²) in [7, 11) is 0. The van der Waals surface area contributed by atoms with Gasteiger partial charge < -0.3 is 5.32 Å². The number of hydrogen-bond acceptors (Lipinski definition) is 1. The number of piperidine rings is 1. The van der Waals surface area contributed by atoms with Crippen LogP contribution in [0.1, 0.15) is 36.0 Å². The molecular weight excluding hydrogens is 239 g/mol. The van der Waals surface area contributed by atoms with Crippen LogP contribution in [0.5, 0.6) is 0 Å². The largest absolute Gasteiger partial charge is 0.416 e. The molecule has 0 amide bonds. The fourth-order valence-electron chi connectivity index (χ4n) is 2.74. The Morgan fingerprint density at radius 3 is 2.56 bits per heavy atom. The summed E-state index contributed by atoms with van der Waals surface area (Å²) >= 11 is 0. The Bertz CT molecular complexity index is 426. The van der Waals surface area contributed by atoms with Gasteiger partial charge >= 0.3 is 6.18 Å². The lowest BCUT2D eigenvalue weighted by Crippen LogP contribution is -2.33. The maximum atomic E-state index is 12.7. The van der Waals surface area contributed by atoms with E-state index in [2.05, 4.69) is 12.2 Å². The highest BCUT2D eigenvalue weighted by Gasteiger charge is 2.33. The molecule has 0 saturated carbocycles. The van der Waals surface area contributed by atoms with Crippen molar-refractivity contribution in [2.24, 2.45) is 5.92 Å².